The van der Waals surface area contributed by atoms with Crippen LogP contribution < -0.4 is 4.46 Å². The Morgan fingerprint density at radius 1 is 1.03 bits per heavy atom. The van der Waals surface area contributed by atoms with Crippen LogP contribution >= 0.6 is 0 Å². The molecule has 2 aromatic carbocycles. The molecule has 4 rings (SSSR count). The Bertz CT molecular complexity index is 835. The van der Waals surface area contributed by atoms with Crippen LogP contribution in [-0.2, 0) is 4.74 Å². The van der Waals surface area contributed by atoms with Crippen LogP contribution in [0.5, 0.6) is 0 Å². The Balaban J connectivity index is 1.47. The van der Waals surface area contributed by atoms with Crippen LogP contribution in [0, 0.1) is 11.8 Å². The second-order valence-electron chi connectivity index (χ2n) is 9.72. The first-order chi connectivity index (χ1) is 15.0. The van der Waals surface area contributed by atoms with Gasteiger partial charge >= 0.3 is 195 Å². The summed E-state index contributed by atoms with van der Waals surface area (Å²) in [6, 6.07) is 21.6. The predicted octanol–water partition coefficient (Wildman–Crippen LogP) is 5.78. The molecular formula is C28H37NOSe. The second kappa shape index (κ2) is 10.5. The first kappa shape index (κ1) is 22.8. The van der Waals surface area contributed by atoms with E-state index in [1.807, 2.05) is 0 Å². The minimum absolute atomic E-state index is 0.161. The third-order valence-corrected chi connectivity index (χ3v) is 9.36. The summed E-state index contributed by atoms with van der Waals surface area (Å²) in [5, 5.41) is 1.23. The molecule has 1 aliphatic heterocycles. The molecule has 0 bridgehead atoms. The number of ether oxygens (including phenoxy) is 1. The molecule has 0 amide bonds. The van der Waals surface area contributed by atoms with Crippen molar-refractivity contribution in [3.05, 3.63) is 72.3 Å². The number of fused-ring (bicyclic) bond motifs is 1. The number of benzene rings is 2. The average Bonchev–Trinajstić information content (AvgIpc) is 2.77. The van der Waals surface area contributed by atoms with Crippen LogP contribution in [0.15, 0.2) is 66.7 Å². The van der Waals surface area contributed by atoms with Gasteiger partial charge in [-0.2, -0.15) is 0 Å². The molecule has 0 N–H and O–H groups in total. The molecule has 0 aromatic heterocycles. The quantitative estimate of drug-likeness (QED) is 0.464. The number of hydrogen-bond donors (Lipinski definition) is 0. The van der Waals surface area contributed by atoms with E-state index in [1.165, 1.54) is 34.6 Å². The van der Waals surface area contributed by atoms with Gasteiger partial charge in [-0.05, 0) is 0 Å². The van der Waals surface area contributed by atoms with Crippen molar-refractivity contribution in [1.29, 1.82) is 0 Å². The summed E-state index contributed by atoms with van der Waals surface area (Å²) in [6.07, 6.45) is 10.2. The molecule has 2 fully saturated rings. The van der Waals surface area contributed by atoms with Crippen molar-refractivity contribution >= 4 is 25.5 Å². The summed E-state index contributed by atoms with van der Waals surface area (Å²) in [5.74, 6) is 1.42. The van der Waals surface area contributed by atoms with Crippen LogP contribution in [-0.4, -0.2) is 44.3 Å². The normalized spacial score (nSPS) is 28.5. The van der Waals surface area contributed by atoms with E-state index in [1.54, 1.807) is 0 Å². The summed E-state index contributed by atoms with van der Waals surface area (Å²) in [7, 11) is 0. The maximum absolute atomic E-state index is 6.85. The molecule has 3 heteroatoms. The van der Waals surface area contributed by atoms with Gasteiger partial charge in [-0.3, -0.25) is 0 Å². The van der Waals surface area contributed by atoms with E-state index in [9.17, 15) is 0 Å². The summed E-state index contributed by atoms with van der Waals surface area (Å²) in [6.45, 7) is 8.28. The molecule has 4 atom stereocenters. The van der Waals surface area contributed by atoms with Gasteiger partial charge in [0.25, 0.3) is 0 Å². The van der Waals surface area contributed by atoms with Gasteiger partial charge in [0, 0.05) is 0 Å². The van der Waals surface area contributed by atoms with Gasteiger partial charge in [0.1, 0.15) is 0 Å². The molecule has 1 aliphatic carbocycles. The van der Waals surface area contributed by atoms with Crippen LogP contribution in [0.3, 0.4) is 0 Å². The maximum atomic E-state index is 6.85. The van der Waals surface area contributed by atoms with E-state index in [0.29, 0.717) is 27.0 Å². The molecule has 31 heavy (non-hydrogen) atoms. The molecular weight excluding hydrogens is 445 g/mol. The number of hydrogen-bond acceptors (Lipinski definition) is 2. The summed E-state index contributed by atoms with van der Waals surface area (Å²) in [4.78, 5) is 2.66. The zero-order chi connectivity index (χ0) is 21.7. The van der Waals surface area contributed by atoms with Gasteiger partial charge in [0.05, 0.1) is 0 Å². The summed E-state index contributed by atoms with van der Waals surface area (Å²) < 4.78 is 8.34. The monoisotopic (exact) mass is 483 g/mol. The van der Waals surface area contributed by atoms with Gasteiger partial charge < -0.3 is 0 Å². The first-order valence-corrected chi connectivity index (χ1v) is 13.9. The van der Waals surface area contributed by atoms with Crippen molar-refractivity contribution in [2.24, 2.45) is 11.8 Å². The summed E-state index contributed by atoms with van der Waals surface area (Å²) >= 11 is 0.511. The van der Waals surface area contributed by atoms with E-state index in [2.05, 4.69) is 98.5 Å². The Morgan fingerprint density at radius 2 is 1.74 bits per heavy atom. The molecule has 1 heterocycles. The number of nitrogens with zero attached hydrogens (tertiary/aromatic N) is 1. The van der Waals surface area contributed by atoms with Crippen LogP contribution in [0.25, 0.3) is 6.08 Å². The third kappa shape index (κ3) is 5.71. The standard InChI is InChI=1S/C28H37NOSe/c1-22-16-17-25-26(21-22)30-27(18-20-31-24-14-8-5-9-15-24)29(28(25,2)3)19-10-13-23-11-6-4-7-12-23/h4-15,22,25-27H,16-21H2,1-3H3/b13-10+/t22-,25-,26-,27+/m1/s1. The Hall–Kier alpha value is -1.38. The molecule has 1 saturated heterocycles. The molecule has 0 radical (unpaired) electrons. The van der Waals surface area contributed by atoms with Crippen LogP contribution in [0.1, 0.15) is 52.0 Å². The van der Waals surface area contributed by atoms with E-state index in [0.717, 1.165) is 18.9 Å². The molecule has 166 valence electrons. The molecule has 1 saturated carbocycles. The third-order valence-electron chi connectivity index (χ3n) is 7.17. The van der Waals surface area contributed by atoms with Crippen molar-refractivity contribution in [3.8, 4) is 0 Å². The zero-order valence-corrected chi connectivity index (χ0v) is 21.0. The summed E-state index contributed by atoms with van der Waals surface area (Å²) in [5.41, 5.74) is 1.43. The SMILES string of the molecule is C[C@@H]1CC[C@@H]2[C@@H](C1)O[C@@H](CC[Se]c1ccccc1)N(C/C=C/c1ccccc1)C2(C)C. The van der Waals surface area contributed by atoms with Crippen LogP contribution in [0.2, 0.25) is 5.32 Å². The average molecular weight is 483 g/mol. The fourth-order valence-electron chi connectivity index (χ4n) is 5.38. The van der Waals surface area contributed by atoms with Crippen molar-refractivity contribution in [2.45, 2.75) is 69.6 Å². The van der Waals surface area contributed by atoms with Gasteiger partial charge in [-0.15, -0.1) is 0 Å². The second-order valence-corrected chi connectivity index (χ2v) is 12.2. The first-order valence-electron chi connectivity index (χ1n) is 11.9. The molecule has 2 aliphatic rings. The zero-order valence-electron chi connectivity index (χ0n) is 19.2. The Labute approximate surface area is 195 Å². The van der Waals surface area contributed by atoms with E-state index in [4.69, 9.17) is 4.74 Å². The predicted molar refractivity (Wildman–Crippen MR) is 133 cm³/mol. The van der Waals surface area contributed by atoms with Crippen molar-refractivity contribution < 1.29 is 4.74 Å². The van der Waals surface area contributed by atoms with Gasteiger partial charge in [-0.1, -0.05) is 0 Å². The Kier molecular flexibility index (Phi) is 7.72. The Morgan fingerprint density at radius 3 is 2.48 bits per heavy atom. The van der Waals surface area contributed by atoms with Crippen molar-refractivity contribution in [2.75, 3.05) is 6.54 Å². The van der Waals surface area contributed by atoms with Gasteiger partial charge in [0.15, 0.2) is 0 Å². The fourth-order valence-corrected chi connectivity index (χ4v) is 7.28. The van der Waals surface area contributed by atoms with E-state index >= 15 is 0 Å². The minimum atomic E-state index is 0.161. The molecule has 2 nitrogen and oxygen atoms in total. The molecule has 0 unspecified atom stereocenters. The van der Waals surface area contributed by atoms with E-state index in [-0.39, 0.29) is 11.8 Å². The topological polar surface area (TPSA) is 12.5 Å². The van der Waals surface area contributed by atoms with Gasteiger partial charge in [0.2, 0.25) is 0 Å². The molecule has 0 spiro atoms. The van der Waals surface area contributed by atoms with E-state index < -0.39 is 0 Å². The van der Waals surface area contributed by atoms with Crippen molar-refractivity contribution in [1.82, 2.24) is 4.90 Å². The van der Waals surface area contributed by atoms with Crippen LogP contribution in [0.4, 0.5) is 0 Å². The fraction of sp³-hybridized carbons (Fsp3) is 0.500. The van der Waals surface area contributed by atoms with Gasteiger partial charge in [-0.25, -0.2) is 0 Å². The molecule has 2 aromatic rings. The van der Waals surface area contributed by atoms with Crippen molar-refractivity contribution in [3.63, 3.8) is 0 Å². The number of rotatable bonds is 7.